The minimum atomic E-state index is -2.38. The van der Waals surface area contributed by atoms with Crippen molar-refractivity contribution in [3.05, 3.63) is 39.7 Å². The number of ether oxygens (including phenoxy) is 3. The Kier molecular flexibility index (Phi) is 7.96. The lowest BCUT2D eigenvalue weighted by atomic mass is 9.82. The van der Waals surface area contributed by atoms with Crippen molar-refractivity contribution in [2.24, 2.45) is 4.99 Å². The minimum Gasteiger partial charge on any atom is -0.455 e. The number of alkyl halides is 2. The fourth-order valence-electron chi connectivity index (χ4n) is 3.29. The van der Waals surface area contributed by atoms with Crippen LogP contribution >= 0.6 is 0 Å². The maximum Gasteiger partial charge on any atom is 0.428 e. The summed E-state index contributed by atoms with van der Waals surface area (Å²) in [6.45, 7) is 11.0. The third kappa shape index (κ3) is 6.43. The number of nitro groups is 1. The van der Waals surface area contributed by atoms with Crippen molar-refractivity contribution in [1.29, 1.82) is 0 Å². The summed E-state index contributed by atoms with van der Waals surface area (Å²) in [6.07, 6.45) is -9.06. The molecule has 0 radical (unpaired) electrons. The number of halogens is 3. The Morgan fingerprint density at radius 3 is 2.08 bits per heavy atom. The second kappa shape index (κ2) is 9.94. The lowest BCUT2D eigenvalue weighted by molar-refractivity contribution is -0.385. The van der Waals surface area contributed by atoms with Gasteiger partial charge < -0.3 is 14.2 Å². The smallest absolute Gasteiger partial charge is 0.428 e. The molecule has 2 rings (SSSR count). The van der Waals surface area contributed by atoms with Gasteiger partial charge in [-0.1, -0.05) is 0 Å². The van der Waals surface area contributed by atoms with E-state index in [4.69, 9.17) is 14.2 Å². The zero-order chi connectivity index (χ0) is 27.8. The van der Waals surface area contributed by atoms with Gasteiger partial charge in [0, 0.05) is 17.7 Å². The molecular weight excluding hydrogens is 487 g/mol. The highest BCUT2D eigenvalue weighted by atomic mass is 19.1. The van der Waals surface area contributed by atoms with Gasteiger partial charge in [-0.3, -0.25) is 10.1 Å². The number of aliphatic imine (C=N–C) groups is 1. The predicted octanol–water partition coefficient (Wildman–Crippen LogP) is 5.57. The molecule has 0 spiro atoms. The molecule has 1 aromatic carbocycles. The second-order valence-corrected chi connectivity index (χ2v) is 10.4. The van der Waals surface area contributed by atoms with E-state index in [-0.39, 0.29) is 4.90 Å². The maximum absolute atomic E-state index is 15.7. The lowest BCUT2D eigenvalue weighted by Gasteiger charge is -2.41. The number of amidine groups is 1. The molecule has 4 atom stereocenters. The number of carbonyl (C=O) groups excluding carboxylic acids is 2. The molecule has 1 aliphatic heterocycles. The van der Waals surface area contributed by atoms with Crippen LogP contribution in [0.2, 0.25) is 0 Å². The Morgan fingerprint density at radius 1 is 1.17 bits per heavy atom. The van der Waals surface area contributed by atoms with Crippen LogP contribution in [0.15, 0.2) is 23.2 Å². The number of nitro benzene ring substituents is 1. The average Bonchev–Trinajstić information content (AvgIpc) is 2.67. The molecule has 36 heavy (non-hydrogen) atoms. The molecule has 10 nitrogen and oxygen atoms in total. The van der Waals surface area contributed by atoms with Gasteiger partial charge in [0.05, 0.1) is 4.92 Å². The molecular formula is C23H30F3N3O7. The number of non-ortho nitro benzene ring substituents is 1. The summed E-state index contributed by atoms with van der Waals surface area (Å²) in [5.41, 5.74) is -5.76. The van der Waals surface area contributed by atoms with Crippen LogP contribution in [-0.2, 0) is 19.7 Å². The highest BCUT2D eigenvalue weighted by Gasteiger charge is 2.53. The van der Waals surface area contributed by atoms with Crippen LogP contribution in [0.3, 0.4) is 0 Å². The molecule has 1 aliphatic rings. The number of rotatable bonds is 3. The van der Waals surface area contributed by atoms with Crippen molar-refractivity contribution in [3.8, 4) is 0 Å². The van der Waals surface area contributed by atoms with E-state index in [1.807, 2.05) is 0 Å². The van der Waals surface area contributed by atoms with Gasteiger partial charge in [-0.2, -0.15) is 0 Å². The highest BCUT2D eigenvalue weighted by Crippen LogP contribution is 2.41. The molecule has 200 valence electrons. The number of imide groups is 1. The average molecular weight is 518 g/mol. The van der Waals surface area contributed by atoms with Crippen LogP contribution in [0.1, 0.15) is 61.0 Å². The minimum absolute atomic E-state index is 0.214. The number of hydrogen-bond donors (Lipinski definition) is 0. The van der Waals surface area contributed by atoms with E-state index in [1.165, 1.54) is 41.5 Å². The molecule has 1 heterocycles. The molecule has 0 aliphatic carbocycles. The Hall–Kier alpha value is -3.38. The Bertz CT molecular complexity index is 1040. The van der Waals surface area contributed by atoms with Crippen LogP contribution in [0.5, 0.6) is 0 Å². The number of amides is 2. The molecule has 0 fully saturated rings. The van der Waals surface area contributed by atoms with E-state index in [1.54, 1.807) is 0 Å². The van der Waals surface area contributed by atoms with Crippen molar-refractivity contribution >= 4 is 23.9 Å². The van der Waals surface area contributed by atoms with Gasteiger partial charge >= 0.3 is 18.2 Å². The first kappa shape index (κ1) is 28.9. The second-order valence-electron chi connectivity index (χ2n) is 10.4. The summed E-state index contributed by atoms with van der Waals surface area (Å²) in [7, 11) is 0. The Balaban J connectivity index is 2.78. The van der Waals surface area contributed by atoms with Crippen LogP contribution in [-0.4, -0.2) is 57.7 Å². The van der Waals surface area contributed by atoms with Crippen LogP contribution < -0.4 is 0 Å². The zero-order valence-electron chi connectivity index (χ0n) is 21.3. The van der Waals surface area contributed by atoms with Gasteiger partial charge in [-0.05, 0) is 61.5 Å². The third-order valence-electron chi connectivity index (χ3n) is 4.90. The van der Waals surface area contributed by atoms with Crippen LogP contribution in [0.25, 0.3) is 0 Å². The third-order valence-corrected chi connectivity index (χ3v) is 4.90. The van der Waals surface area contributed by atoms with Crippen LogP contribution in [0.4, 0.5) is 28.4 Å². The van der Waals surface area contributed by atoms with Gasteiger partial charge in [0.25, 0.3) is 5.69 Å². The van der Waals surface area contributed by atoms with Crippen molar-refractivity contribution < 1.29 is 41.9 Å². The molecule has 0 aromatic heterocycles. The first-order valence-electron chi connectivity index (χ1n) is 11.0. The van der Waals surface area contributed by atoms with Gasteiger partial charge in [-0.15, -0.1) is 4.90 Å². The molecule has 0 unspecified atom stereocenters. The molecule has 1 aromatic rings. The summed E-state index contributed by atoms with van der Waals surface area (Å²) >= 11 is 0. The van der Waals surface area contributed by atoms with Crippen LogP contribution in [0, 0.1) is 15.9 Å². The fraction of sp³-hybridized carbons (Fsp3) is 0.609. The largest absolute Gasteiger partial charge is 0.455 e. The summed E-state index contributed by atoms with van der Waals surface area (Å²) in [6, 6.07) is 1.43. The fourth-order valence-corrected chi connectivity index (χ4v) is 3.29. The van der Waals surface area contributed by atoms with Crippen molar-refractivity contribution in [3.63, 3.8) is 0 Å². The number of hydrogen-bond acceptors (Lipinski definition) is 8. The van der Waals surface area contributed by atoms with E-state index in [9.17, 15) is 28.5 Å². The van der Waals surface area contributed by atoms with Crippen molar-refractivity contribution in [2.75, 3.05) is 0 Å². The van der Waals surface area contributed by atoms with E-state index in [0.29, 0.717) is 0 Å². The van der Waals surface area contributed by atoms with E-state index in [0.717, 1.165) is 32.0 Å². The Morgan fingerprint density at radius 2 is 1.67 bits per heavy atom. The van der Waals surface area contributed by atoms with E-state index in [2.05, 4.69) is 4.99 Å². The normalized spacial score (nSPS) is 23.1. The summed E-state index contributed by atoms with van der Waals surface area (Å²) < 4.78 is 60.8. The van der Waals surface area contributed by atoms with E-state index >= 15 is 4.39 Å². The SMILES string of the molecule is C[C@H](F)[C@H]1OC(N(C(=O)OC(C)(C)C)C(=O)OC(C)(C)C)=N[C@](C)(c2cc([N+](=O)[O-])ccc2F)[C@H]1F. The standard InChI is InChI=1S/C23H30F3N3O7/c1-12(24)16-17(26)23(8,14-11-13(29(32)33)9-10-15(14)25)27-18(34-16)28(19(30)35-21(2,3)4)20(31)36-22(5,6)7/h9-12,16-17H,1-8H3/t12-,16+,17-,23+/m0/s1. The van der Waals surface area contributed by atoms with Crippen molar-refractivity contribution in [2.45, 2.75) is 90.6 Å². The summed E-state index contributed by atoms with van der Waals surface area (Å²) in [4.78, 5) is 40.6. The first-order chi connectivity index (χ1) is 16.3. The quantitative estimate of drug-likeness (QED) is 0.379. The van der Waals surface area contributed by atoms with E-state index < -0.39 is 75.4 Å². The number of benzene rings is 1. The first-order valence-corrected chi connectivity index (χ1v) is 11.0. The zero-order valence-corrected chi connectivity index (χ0v) is 21.3. The molecule has 0 saturated heterocycles. The van der Waals surface area contributed by atoms with Gasteiger partial charge in [0.2, 0.25) is 0 Å². The monoisotopic (exact) mass is 517 g/mol. The Labute approximate surface area is 206 Å². The highest BCUT2D eigenvalue weighted by molar-refractivity contribution is 6.06. The molecule has 2 amide bonds. The topological polar surface area (TPSA) is 121 Å². The van der Waals surface area contributed by atoms with Gasteiger partial charge in [0.1, 0.15) is 28.7 Å². The van der Waals surface area contributed by atoms with Crippen molar-refractivity contribution in [1.82, 2.24) is 4.90 Å². The molecule has 13 heteroatoms. The molecule has 0 saturated carbocycles. The van der Waals surface area contributed by atoms with Gasteiger partial charge in [0.15, 0.2) is 12.3 Å². The number of nitrogens with zero attached hydrogens (tertiary/aromatic N) is 3. The van der Waals surface area contributed by atoms with Gasteiger partial charge in [-0.25, -0.2) is 27.8 Å². The summed E-state index contributed by atoms with van der Waals surface area (Å²) in [5, 5.41) is 11.3. The summed E-state index contributed by atoms with van der Waals surface area (Å²) in [5.74, 6) is -1.08. The molecule has 0 N–H and O–H groups in total. The predicted molar refractivity (Wildman–Crippen MR) is 122 cm³/mol. The number of carbonyl (C=O) groups is 2. The molecule has 0 bridgehead atoms. The maximum atomic E-state index is 15.7. The lowest BCUT2D eigenvalue weighted by Crippen LogP contribution is -2.57.